The molecule has 2 nitrogen and oxygen atoms in total. The van der Waals surface area contributed by atoms with Crippen LogP contribution in [0.5, 0.6) is 5.75 Å². The van der Waals surface area contributed by atoms with Gasteiger partial charge >= 0.3 is 0 Å². The number of benzene rings is 1. The minimum absolute atomic E-state index is 0.208. The second-order valence-electron chi connectivity index (χ2n) is 4.48. The van der Waals surface area contributed by atoms with Crippen LogP contribution < -0.4 is 10.1 Å². The van der Waals surface area contributed by atoms with Gasteiger partial charge in [-0.15, -0.1) is 11.8 Å². The quantitative estimate of drug-likeness (QED) is 0.808. The Balaban J connectivity index is 2.05. The molecule has 3 heteroatoms. The van der Waals surface area contributed by atoms with Gasteiger partial charge in [-0.1, -0.05) is 6.07 Å². The first-order valence-electron chi connectivity index (χ1n) is 5.90. The maximum absolute atomic E-state index is 5.30. The molecule has 1 spiro atoms. The predicted octanol–water partition coefficient (Wildman–Crippen LogP) is 2.52. The van der Waals surface area contributed by atoms with Gasteiger partial charge in [-0.25, -0.2) is 0 Å². The van der Waals surface area contributed by atoms with Crippen molar-refractivity contribution in [1.29, 1.82) is 0 Å². The van der Waals surface area contributed by atoms with Crippen LogP contribution >= 0.6 is 11.8 Å². The van der Waals surface area contributed by atoms with Crippen LogP contribution in [-0.2, 0) is 11.3 Å². The van der Waals surface area contributed by atoms with Gasteiger partial charge < -0.3 is 4.74 Å². The number of nitrogens with one attached hydrogen (secondary N) is 1. The van der Waals surface area contributed by atoms with Crippen molar-refractivity contribution >= 4 is 11.8 Å². The standard InChI is InChI=1S/C13H17NOS/c1-15-11-4-5-12-10(9-11)3-2-6-13(12)14-7-8-16-13/h4-5,9,14H,2-3,6-8H2,1H3. The first-order valence-corrected chi connectivity index (χ1v) is 6.89. The van der Waals surface area contributed by atoms with Crippen LogP contribution in [0.4, 0.5) is 0 Å². The fourth-order valence-corrected chi connectivity index (χ4v) is 4.22. The van der Waals surface area contributed by atoms with Gasteiger partial charge in [0.1, 0.15) is 5.75 Å². The zero-order valence-electron chi connectivity index (χ0n) is 9.58. The largest absolute Gasteiger partial charge is 0.497 e. The van der Waals surface area contributed by atoms with Crippen molar-refractivity contribution in [3.8, 4) is 5.75 Å². The maximum atomic E-state index is 5.30. The summed E-state index contributed by atoms with van der Waals surface area (Å²) in [7, 11) is 1.74. The molecule has 0 saturated carbocycles. The molecule has 0 bridgehead atoms. The molecule has 1 unspecified atom stereocenters. The van der Waals surface area contributed by atoms with Gasteiger partial charge in [-0.3, -0.25) is 5.32 Å². The van der Waals surface area contributed by atoms with E-state index in [2.05, 4.69) is 35.3 Å². The topological polar surface area (TPSA) is 21.3 Å². The monoisotopic (exact) mass is 235 g/mol. The highest BCUT2D eigenvalue weighted by atomic mass is 32.2. The van der Waals surface area contributed by atoms with Gasteiger partial charge in [0, 0.05) is 12.3 Å². The summed E-state index contributed by atoms with van der Waals surface area (Å²) in [5.74, 6) is 2.21. The Labute approximate surface area is 101 Å². The van der Waals surface area contributed by atoms with Crippen LogP contribution in [0.25, 0.3) is 0 Å². The van der Waals surface area contributed by atoms with Crippen molar-refractivity contribution in [3.63, 3.8) is 0 Å². The highest BCUT2D eigenvalue weighted by Crippen LogP contribution is 2.46. The molecule has 1 N–H and O–H groups in total. The van der Waals surface area contributed by atoms with Gasteiger partial charge in [0.05, 0.1) is 12.0 Å². The minimum atomic E-state index is 0.208. The van der Waals surface area contributed by atoms with E-state index in [1.807, 2.05) is 0 Å². The summed E-state index contributed by atoms with van der Waals surface area (Å²) >= 11 is 2.07. The number of hydrogen-bond donors (Lipinski definition) is 1. The average Bonchev–Trinajstić information content (AvgIpc) is 2.78. The lowest BCUT2D eigenvalue weighted by molar-refractivity contribution is 0.409. The molecule has 1 aliphatic carbocycles. The summed E-state index contributed by atoms with van der Waals surface area (Å²) in [6.45, 7) is 1.14. The van der Waals surface area contributed by atoms with Crippen molar-refractivity contribution in [2.75, 3.05) is 19.4 Å². The normalized spacial score (nSPS) is 28.1. The third kappa shape index (κ3) is 1.54. The molecule has 1 aliphatic heterocycles. The Morgan fingerprint density at radius 2 is 2.38 bits per heavy atom. The molecule has 3 rings (SSSR count). The second kappa shape index (κ2) is 3.97. The van der Waals surface area contributed by atoms with Gasteiger partial charge in [0.15, 0.2) is 0 Å². The number of rotatable bonds is 1. The number of ether oxygens (including phenoxy) is 1. The van der Waals surface area contributed by atoms with E-state index in [1.165, 1.54) is 36.1 Å². The molecular formula is C13H17NOS. The Bertz CT molecular complexity index is 399. The molecule has 86 valence electrons. The van der Waals surface area contributed by atoms with E-state index in [0.717, 1.165) is 12.3 Å². The molecular weight excluding hydrogens is 218 g/mol. The summed E-state index contributed by atoms with van der Waals surface area (Å²) in [5, 5.41) is 3.69. The van der Waals surface area contributed by atoms with Crippen molar-refractivity contribution in [2.24, 2.45) is 0 Å². The van der Waals surface area contributed by atoms with Crippen LogP contribution in [0.2, 0.25) is 0 Å². The second-order valence-corrected chi connectivity index (χ2v) is 5.87. The van der Waals surface area contributed by atoms with Crippen molar-refractivity contribution < 1.29 is 4.74 Å². The van der Waals surface area contributed by atoms with Crippen LogP contribution in [0.3, 0.4) is 0 Å². The Hall–Kier alpha value is -0.670. The zero-order valence-corrected chi connectivity index (χ0v) is 10.4. The molecule has 1 fully saturated rings. The first kappa shape index (κ1) is 10.5. The zero-order chi connectivity index (χ0) is 11.0. The van der Waals surface area contributed by atoms with Crippen molar-refractivity contribution in [1.82, 2.24) is 5.32 Å². The molecule has 1 atom stereocenters. The molecule has 1 aromatic carbocycles. The SMILES string of the molecule is COc1ccc2c(c1)CCCC21NCCS1. The fourth-order valence-electron chi connectivity index (χ4n) is 2.82. The molecule has 1 heterocycles. The summed E-state index contributed by atoms with van der Waals surface area (Å²) in [5.41, 5.74) is 2.95. The van der Waals surface area contributed by atoms with E-state index < -0.39 is 0 Å². The Morgan fingerprint density at radius 3 is 3.12 bits per heavy atom. The van der Waals surface area contributed by atoms with E-state index >= 15 is 0 Å². The summed E-state index contributed by atoms with van der Waals surface area (Å²) in [4.78, 5) is 0.208. The smallest absolute Gasteiger partial charge is 0.119 e. The predicted molar refractivity (Wildman–Crippen MR) is 68.1 cm³/mol. The maximum Gasteiger partial charge on any atom is 0.119 e. The van der Waals surface area contributed by atoms with E-state index in [9.17, 15) is 0 Å². The van der Waals surface area contributed by atoms with Crippen molar-refractivity contribution in [2.45, 2.75) is 24.1 Å². The summed E-state index contributed by atoms with van der Waals surface area (Å²) in [6.07, 6.45) is 3.73. The number of aryl methyl sites for hydroxylation is 1. The molecule has 0 aromatic heterocycles. The molecule has 0 radical (unpaired) electrons. The molecule has 1 aromatic rings. The van der Waals surface area contributed by atoms with E-state index in [-0.39, 0.29) is 4.87 Å². The van der Waals surface area contributed by atoms with Gasteiger partial charge in [-0.05, 0) is 42.5 Å². The van der Waals surface area contributed by atoms with E-state index in [1.54, 1.807) is 7.11 Å². The van der Waals surface area contributed by atoms with Gasteiger partial charge in [-0.2, -0.15) is 0 Å². The van der Waals surface area contributed by atoms with Crippen molar-refractivity contribution in [3.05, 3.63) is 29.3 Å². The molecule has 1 saturated heterocycles. The number of methoxy groups -OCH3 is 1. The molecule has 16 heavy (non-hydrogen) atoms. The van der Waals surface area contributed by atoms with Crippen LogP contribution in [0, 0.1) is 0 Å². The Morgan fingerprint density at radius 1 is 1.44 bits per heavy atom. The van der Waals surface area contributed by atoms with Gasteiger partial charge in [0.25, 0.3) is 0 Å². The highest BCUT2D eigenvalue weighted by Gasteiger charge is 2.39. The van der Waals surface area contributed by atoms with Gasteiger partial charge in [0.2, 0.25) is 0 Å². The fraction of sp³-hybridized carbons (Fsp3) is 0.538. The van der Waals surface area contributed by atoms with Crippen LogP contribution in [-0.4, -0.2) is 19.4 Å². The first-order chi connectivity index (χ1) is 7.84. The number of fused-ring (bicyclic) bond motifs is 2. The number of thioether (sulfide) groups is 1. The molecule has 2 aliphatic rings. The highest BCUT2D eigenvalue weighted by molar-refractivity contribution is 8.00. The number of hydrogen-bond acceptors (Lipinski definition) is 3. The molecule has 0 amide bonds. The van der Waals surface area contributed by atoms with Crippen LogP contribution in [0.15, 0.2) is 18.2 Å². The lowest BCUT2D eigenvalue weighted by Gasteiger charge is -2.35. The van der Waals surface area contributed by atoms with E-state index in [0.29, 0.717) is 0 Å². The lowest BCUT2D eigenvalue weighted by atomic mass is 9.87. The third-order valence-electron chi connectivity index (χ3n) is 3.58. The Kier molecular flexibility index (Phi) is 2.60. The summed E-state index contributed by atoms with van der Waals surface area (Å²) < 4.78 is 5.30. The van der Waals surface area contributed by atoms with Crippen LogP contribution in [0.1, 0.15) is 24.0 Å². The van der Waals surface area contributed by atoms with E-state index in [4.69, 9.17) is 4.74 Å². The minimum Gasteiger partial charge on any atom is -0.497 e. The average molecular weight is 235 g/mol. The lowest BCUT2D eigenvalue weighted by Crippen LogP contribution is -2.37. The summed E-state index contributed by atoms with van der Waals surface area (Å²) in [6, 6.07) is 6.54. The third-order valence-corrected chi connectivity index (χ3v) is 5.05.